The molecule has 1 saturated heterocycles. The van der Waals surface area contributed by atoms with Crippen molar-refractivity contribution in [3.63, 3.8) is 0 Å². The zero-order chi connectivity index (χ0) is 20.5. The van der Waals surface area contributed by atoms with Crippen LogP contribution in [0, 0.1) is 5.92 Å². The minimum absolute atomic E-state index is 0.00819. The zero-order valence-corrected chi connectivity index (χ0v) is 16.6. The molecule has 0 spiro atoms. The first-order valence-corrected chi connectivity index (χ1v) is 9.89. The van der Waals surface area contributed by atoms with Crippen molar-refractivity contribution < 1.29 is 24.2 Å². The molecule has 1 aliphatic rings. The van der Waals surface area contributed by atoms with Gasteiger partial charge in [0.05, 0.1) is 13.0 Å². The number of ether oxygens (including phenoxy) is 1. The predicted octanol–water partition coefficient (Wildman–Crippen LogP) is 2.24. The van der Waals surface area contributed by atoms with Crippen molar-refractivity contribution in [2.24, 2.45) is 5.92 Å². The number of para-hydroxylation sites is 1. The molecule has 1 fully saturated rings. The number of likely N-dealkylation sites (tertiary alicyclic amines) is 1. The molecule has 0 aliphatic carbocycles. The molecule has 0 radical (unpaired) electrons. The van der Waals surface area contributed by atoms with Gasteiger partial charge in [-0.05, 0) is 43.7 Å². The first kappa shape index (κ1) is 21.7. The maximum absolute atomic E-state index is 12.7. The third-order valence-electron chi connectivity index (χ3n) is 5.12. The molecule has 1 aliphatic heterocycles. The fourth-order valence-corrected chi connectivity index (χ4v) is 3.59. The van der Waals surface area contributed by atoms with Crippen molar-refractivity contribution in [1.82, 2.24) is 10.2 Å². The summed E-state index contributed by atoms with van der Waals surface area (Å²) >= 11 is 0. The second-order valence-corrected chi connectivity index (χ2v) is 7.14. The van der Waals surface area contributed by atoms with E-state index in [2.05, 4.69) is 5.32 Å². The quantitative estimate of drug-likeness (QED) is 0.674. The fourth-order valence-electron chi connectivity index (χ4n) is 3.59. The lowest BCUT2D eigenvalue weighted by Crippen LogP contribution is -2.52. The van der Waals surface area contributed by atoms with Crippen molar-refractivity contribution in [3.05, 3.63) is 29.8 Å². The Hall–Kier alpha value is -2.57. The number of carboxylic acid groups (broad SMARTS) is 1. The lowest BCUT2D eigenvalue weighted by Gasteiger charge is -2.35. The van der Waals surface area contributed by atoms with Gasteiger partial charge in [-0.1, -0.05) is 25.1 Å². The number of piperidine rings is 1. The Balaban J connectivity index is 2.01. The summed E-state index contributed by atoms with van der Waals surface area (Å²) in [4.78, 5) is 38.4. The molecule has 7 nitrogen and oxygen atoms in total. The molecule has 1 heterocycles. The Morgan fingerprint density at radius 1 is 1.29 bits per heavy atom. The topological polar surface area (TPSA) is 95.9 Å². The number of hydrogen-bond acceptors (Lipinski definition) is 4. The summed E-state index contributed by atoms with van der Waals surface area (Å²) in [5, 5.41) is 12.3. The average Bonchev–Trinajstić information content (AvgIpc) is 2.71. The molecule has 2 rings (SSSR count). The van der Waals surface area contributed by atoms with E-state index in [-0.39, 0.29) is 24.8 Å². The summed E-state index contributed by atoms with van der Waals surface area (Å²) in [5.74, 6) is -1.40. The van der Waals surface area contributed by atoms with E-state index in [0.29, 0.717) is 25.1 Å². The number of amides is 2. The highest BCUT2D eigenvalue weighted by Crippen LogP contribution is 2.22. The van der Waals surface area contributed by atoms with Gasteiger partial charge in [-0.3, -0.25) is 14.4 Å². The highest BCUT2D eigenvalue weighted by atomic mass is 16.5. The van der Waals surface area contributed by atoms with Crippen LogP contribution in [0.3, 0.4) is 0 Å². The van der Waals surface area contributed by atoms with Crippen LogP contribution in [0.5, 0.6) is 5.75 Å². The van der Waals surface area contributed by atoms with E-state index in [1.807, 2.05) is 25.1 Å². The standard InChI is InChI=1S/C21H30N2O5/c1-3-8-19(24)23-12-7-6-10-17(23)20(25)22-14-16(21(26)27)13-15-9-4-5-11-18(15)28-2/h4-5,9,11,16-17H,3,6-8,10,12-14H2,1-2H3,(H,22,25)(H,26,27). The Morgan fingerprint density at radius 2 is 2.04 bits per heavy atom. The van der Waals surface area contributed by atoms with Gasteiger partial charge in [-0.25, -0.2) is 0 Å². The molecule has 0 bridgehead atoms. The molecule has 28 heavy (non-hydrogen) atoms. The number of carboxylic acids is 1. The van der Waals surface area contributed by atoms with Crippen LogP contribution >= 0.6 is 0 Å². The summed E-state index contributed by atoms with van der Waals surface area (Å²) in [6.07, 6.45) is 3.82. The van der Waals surface area contributed by atoms with Gasteiger partial charge >= 0.3 is 5.97 Å². The largest absolute Gasteiger partial charge is 0.496 e. The van der Waals surface area contributed by atoms with Crippen molar-refractivity contribution in [2.45, 2.75) is 51.5 Å². The number of aliphatic carboxylic acids is 1. The minimum atomic E-state index is -0.978. The molecule has 2 N–H and O–H groups in total. The molecule has 2 amide bonds. The minimum Gasteiger partial charge on any atom is -0.496 e. The van der Waals surface area contributed by atoms with Crippen LogP contribution in [-0.2, 0) is 20.8 Å². The predicted molar refractivity (Wildman–Crippen MR) is 105 cm³/mol. The Labute approximate surface area is 166 Å². The van der Waals surface area contributed by atoms with E-state index in [1.54, 1.807) is 18.1 Å². The SMILES string of the molecule is CCCC(=O)N1CCCCC1C(=O)NCC(Cc1ccccc1OC)C(=O)O. The molecule has 0 aromatic heterocycles. The van der Waals surface area contributed by atoms with Crippen LogP contribution in [0.1, 0.15) is 44.6 Å². The normalized spacial score (nSPS) is 17.6. The van der Waals surface area contributed by atoms with Gasteiger partial charge in [0.25, 0.3) is 0 Å². The van der Waals surface area contributed by atoms with Crippen LogP contribution in [0.25, 0.3) is 0 Å². The van der Waals surface area contributed by atoms with E-state index in [9.17, 15) is 19.5 Å². The lowest BCUT2D eigenvalue weighted by atomic mass is 9.97. The molecule has 2 unspecified atom stereocenters. The fraction of sp³-hybridized carbons (Fsp3) is 0.571. The van der Waals surface area contributed by atoms with E-state index in [1.165, 1.54) is 0 Å². The van der Waals surface area contributed by atoms with Gasteiger partial charge in [-0.2, -0.15) is 0 Å². The van der Waals surface area contributed by atoms with E-state index in [4.69, 9.17) is 4.74 Å². The van der Waals surface area contributed by atoms with E-state index < -0.39 is 17.9 Å². The molecule has 1 aromatic rings. The van der Waals surface area contributed by atoms with Gasteiger partial charge in [0.2, 0.25) is 11.8 Å². The number of nitrogens with one attached hydrogen (secondary N) is 1. The summed E-state index contributed by atoms with van der Waals surface area (Å²) < 4.78 is 5.29. The summed E-state index contributed by atoms with van der Waals surface area (Å²) in [6, 6.07) is 6.75. The second kappa shape index (κ2) is 10.7. The molecule has 0 saturated carbocycles. The van der Waals surface area contributed by atoms with Crippen molar-refractivity contribution in [3.8, 4) is 5.75 Å². The maximum atomic E-state index is 12.7. The summed E-state index contributed by atoms with van der Waals surface area (Å²) in [7, 11) is 1.54. The molecule has 154 valence electrons. The molecular formula is C21H30N2O5. The van der Waals surface area contributed by atoms with Crippen LogP contribution in [0.4, 0.5) is 0 Å². The van der Waals surface area contributed by atoms with Gasteiger partial charge in [0.15, 0.2) is 0 Å². The Morgan fingerprint density at radius 3 is 2.71 bits per heavy atom. The second-order valence-electron chi connectivity index (χ2n) is 7.14. The Bertz CT molecular complexity index is 691. The number of carbonyl (C=O) groups excluding carboxylic acids is 2. The number of methoxy groups -OCH3 is 1. The van der Waals surface area contributed by atoms with Crippen LogP contribution < -0.4 is 10.1 Å². The maximum Gasteiger partial charge on any atom is 0.308 e. The molecule has 2 atom stereocenters. The van der Waals surface area contributed by atoms with Gasteiger partial charge in [0, 0.05) is 19.5 Å². The first-order valence-electron chi connectivity index (χ1n) is 9.89. The van der Waals surface area contributed by atoms with Crippen molar-refractivity contribution in [1.29, 1.82) is 0 Å². The zero-order valence-electron chi connectivity index (χ0n) is 16.6. The molecular weight excluding hydrogens is 360 g/mol. The first-order chi connectivity index (χ1) is 13.5. The lowest BCUT2D eigenvalue weighted by molar-refractivity contribution is -0.144. The van der Waals surface area contributed by atoms with Gasteiger partial charge in [-0.15, -0.1) is 0 Å². The molecule has 1 aromatic carbocycles. The number of carbonyl (C=O) groups is 3. The van der Waals surface area contributed by atoms with E-state index >= 15 is 0 Å². The highest BCUT2D eigenvalue weighted by molar-refractivity contribution is 5.88. The number of rotatable bonds is 9. The highest BCUT2D eigenvalue weighted by Gasteiger charge is 2.32. The van der Waals surface area contributed by atoms with E-state index in [0.717, 1.165) is 24.8 Å². The number of benzene rings is 1. The van der Waals surface area contributed by atoms with Crippen LogP contribution in [0.15, 0.2) is 24.3 Å². The number of nitrogens with zero attached hydrogens (tertiary/aromatic N) is 1. The van der Waals surface area contributed by atoms with Crippen molar-refractivity contribution in [2.75, 3.05) is 20.2 Å². The van der Waals surface area contributed by atoms with Crippen LogP contribution in [0.2, 0.25) is 0 Å². The number of hydrogen-bond donors (Lipinski definition) is 2. The smallest absolute Gasteiger partial charge is 0.308 e. The monoisotopic (exact) mass is 390 g/mol. The average molecular weight is 390 g/mol. The summed E-state index contributed by atoms with van der Waals surface area (Å²) in [5.41, 5.74) is 0.782. The third kappa shape index (κ3) is 5.71. The van der Waals surface area contributed by atoms with Crippen LogP contribution in [-0.4, -0.2) is 54.0 Å². The third-order valence-corrected chi connectivity index (χ3v) is 5.12. The van der Waals surface area contributed by atoms with Gasteiger partial charge in [0.1, 0.15) is 11.8 Å². The Kier molecular flexibility index (Phi) is 8.29. The summed E-state index contributed by atoms with van der Waals surface area (Å²) in [6.45, 7) is 2.53. The van der Waals surface area contributed by atoms with Gasteiger partial charge < -0.3 is 20.1 Å². The van der Waals surface area contributed by atoms with Crippen molar-refractivity contribution >= 4 is 17.8 Å². The molecule has 7 heteroatoms.